The van der Waals surface area contributed by atoms with Crippen LogP contribution in [-0.4, -0.2) is 18.8 Å². The van der Waals surface area contributed by atoms with Crippen molar-refractivity contribution in [3.05, 3.63) is 29.3 Å². The summed E-state index contributed by atoms with van der Waals surface area (Å²) in [5, 5.41) is 0. The van der Waals surface area contributed by atoms with Crippen LogP contribution in [0.3, 0.4) is 0 Å². The summed E-state index contributed by atoms with van der Waals surface area (Å²) in [4.78, 5) is 0. The summed E-state index contributed by atoms with van der Waals surface area (Å²) in [7, 11) is 0. The molecule has 3 rings (SSSR count). The minimum Gasteiger partial charge on any atom is -0.485 e. The summed E-state index contributed by atoms with van der Waals surface area (Å²) >= 11 is 0. The van der Waals surface area contributed by atoms with Gasteiger partial charge in [0.1, 0.15) is 0 Å². The van der Waals surface area contributed by atoms with Gasteiger partial charge in [-0.1, -0.05) is 26.7 Å². The molecular formula is C27H42F2O2. The fraction of sp³-hybridized carbons (Fsp3) is 0.778. The molecular weight excluding hydrogens is 394 g/mol. The van der Waals surface area contributed by atoms with Gasteiger partial charge in [-0.15, -0.1) is 0 Å². The van der Waals surface area contributed by atoms with Gasteiger partial charge in [0, 0.05) is 6.61 Å². The summed E-state index contributed by atoms with van der Waals surface area (Å²) in [6, 6.07) is 3.04. The van der Waals surface area contributed by atoms with Gasteiger partial charge in [0.05, 0.1) is 12.2 Å². The quantitative estimate of drug-likeness (QED) is 0.368. The fourth-order valence-corrected chi connectivity index (χ4v) is 5.61. The highest BCUT2D eigenvalue weighted by molar-refractivity contribution is 5.33. The van der Waals surface area contributed by atoms with Crippen molar-refractivity contribution < 1.29 is 18.3 Å². The van der Waals surface area contributed by atoms with Gasteiger partial charge in [-0.25, -0.2) is 8.78 Å². The van der Waals surface area contributed by atoms with E-state index in [9.17, 15) is 8.78 Å². The molecule has 0 bridgehead atoms. The Morgan fingerprint density at radius 1 is 0.871 bits per heavy atom. The van der Waals surface area contributed by atoms with Crippen molar-refractivity contribution >= 4 is 0 Å². The maximum absolute atomic E-state index is 14.7. The summed E-state index contributed by atoms with van der Waals surface area (Å²) in [6.45, 7) is 7.03. The van der Waals surface area contributed by atoms with E-state index in [2.05, 4.69) is 13.8 Å². The zero-order valence-corrected chi connectivity index (χ0v) is 19.8. The molecule has 0 heterocycles. The van der Waals surface area contributed by atoms with Gasteiger partial charge in [-0.2, -0.15) is 0 Å². The van der Waals surface area contributed by atoms with Crippen molar-refractivity contribution in [3.8, 4) is 5.75 Å². The van der Waals surface area contributed by atoms with Crippen LogP contribution in [0.2, 0.25) is 0 Å². The predicted octanol–water partition coefficient (Wildman–Crippen LogP) is 8.18. The highest BCUT2D eigenvalue weighted by Gasteiger charge is 2.32. The van der Waals surface area contributed by atoms with Crippen molar-refractivity contribution in [2.75, 3.05) is 6.61 Å². The van der Waals surface area contributed by atoms with E-state index in [1.807, 2.05) is 6.92 Å². The number of benzene rings is 1. The van der Waals surface area contributed by atoms with Gasteiger partial charge in [-0.05, 0) is 107 Å². The minimum absolute atomic E-state index is 0.173. The Kier molecular flexibility index (Phi) is 9.62. The topological polar surface area (TPSA) is 18.5 Å². The number of unbranched alkanes of at least 4 members (excludes halogenated alkanes) is 1. The van der Waals surface area contributed by atoms with Crippen LogP contribution < -0.4 is 4.74 Å². The molecule has 176 valence electrons. The zero-order valence-electron chi connectivity index (χ0n) is 19.8. The molecule has 1 aromatic rings. The number of ether oxygens (including phenoxy) is 2. The average molecular weight is 437 g/mol. The van der Waals surface area contributed by atoms with Crippen LogP contribution in [0.4, 0.5) is 8.78 Å². The smallest absolute Gasteiger partial charge is 0.191 e. The summed E-state index contributed by atoms with van der Waals surface area (Å²) in [6.07, 6.45) is 13.6. The third-order valence-electron chi connectivity index (χ3n) is 7.49. The molecule has 0 saturated heterocycles. The highest BCUT2D eigenvalue weighted by atomic mass is 19.1. The van der Waals surface area contributed by atoms with Gasteiger partial charge >= 0.3 is 0 Å². The molecule has 0 N–H and O–H groups in total. The first-order valence-corrected chi connectivity index (χ1v) is 12.8. The molecule has 2 nitrogen and oxygen atoms in total. The molecule has 0 radical (unpaired) electrons. The molecule has 2 aliphatic rings. The lowest BCUT2D eigenvalue weighted by molar-refractivity contribution is 0.00827. The number of hydrogen-bond acceptors (Lipinski definition) is 2. The van der Waals surface area contributed by atoms with E-state index < -0.39 is 11.6 Å². The van der Waals surface area contributed by atoms with E-state index in [0.717, 1.165) is 62.5 Å². The molecule has 0 spiro atoms. The molecule has 0 amide bonds. The Labute approximate surface area is 188 Å². The lowest BCUT2D eigenvalue weighted by Gasteiger charge is -2.38. The van der Waals surface area contributed by atoms with Gasteiger partial charge in [0.15, 0.2) is 17.4 Å². The van der Waals surface area contributed by atoms with Crippen LogP contribution in [0.15, 0.2) is 12.1 Å². The second-order valence-electron chi connectivity index (χ2n) is 9.90. The predicted molar refractivity (Wildman–Crippen MR) is 123 cm³/mol. The van der Waals surface area contributed by atoms with E-state index in [4.69, 9.17) is 9.47 Å². The summed E-state index contributed by atoms with van der Waals surface area (Å²) in [5.74, 6) is 0.521. The van der Waals surface area contributed by atoms with Crippen molar-refractivity contribution in [1.82, 2.24) is 0 Å². The second kappa shape index (κ2) is 12.2. The van der Waals surface area contributed by atoms with E-state index in [1.54, 1.807) is 0 Å². The van der Waals surface area contributed by atoms with Gasteiger partial charge in [-0.3, -0.25) is 0 Å². The van der Waals surface area contributed by atoms with Crippen molar-refractivity contribution in [2.45, 2.75) is 116 Å². The second-order valence-corrected chi connectivity index (χ2v) is 9.90. The third kappa shape index (κ3) is 6.91. The molecule has 2 fully saturated rings. The molecule has 0 aliphatic heterocycles. The monoisotopic (exact) mass is 436 g/mol. The lowest BCUT2D eigenvalue weighted by Crippen LogP contribution is -2.28. The Morgan fingerprint density at radius 2 is 1.45 bits per heavy atom. The van der Waals surface area contributed by atoms with Gasteiger partial charge in [0.25, 0.3) is 0 Å². The molecule has 0 aromatic heterocycles. The Bertz CT molecular complexity index is 638. The number of rotatable bonds is 10. The van der Waals surface area contributed by atoms with Crippen LogP contribution >= 0.6 is 0 Å². The lowest BCUT2D eigenvalue weighted by atomic mass is 9.69. The summed E-state index contributed by atoms with van der Waals surface area (Å²) < 4.78 is 40.9. The Morgan fingerprint density at radius 3 is 2.00 bits per heavy atom. The van der Waals surface area contributed by atoms with Crippen molar-refractivity contribution in [1.29, 1.82) is 0 Å². The van der Waals surface area contributed by atoms with E-state index >= 15 is 0 Å². The first-order valence-electron chi connectivity index (χ1n) is 12.8. The largest absolute Gasteiger partial charge is 0.485 e. The van der Waals surface area contributed by atoms with Gasteiger partial charge < -0.3 is 9.47 Å². The number of halogens is 2. The standard InChI is InChI=1S/C27H42F2O2/c1-4-6-7-19(3)31-27-25(28)17-23(18-26(27)29)22-10-8-20(9-11-22)21-12-14-24(15-13-21)30-16-5-2/h17-22,24H,4-16H2,1-3H3. The highest BCUT2D eigenvalue weighted by Crippen LogP contribution is 2.44. The van der Waals surface area contributed by atoms with Crippen LogP contribution in [0.1, 0.15) is 109 Å². The van der Waals surface area contributed by atoms with Crippen LogP contribution in [0, 0.1) is 23.5 Å². The third-order valence-corrected chi connectivity index (χ3v) is 7.49. The van der Waals surface area contributed by atoms with E-state index in [0.29, 0.717) is 6.10 Å². The maximum Gasteiger partial charge on any atom is 0.191 e. The SMILES string of the molecule is CCCCC(C)Oc1c(F)cc(C2CCC(C3CCC(OCCC)CC3)CC2)cc1F. The summed E-state index contributed by atoms with van der Waals surface area (Å²) in [5.41, 5.74) is 0.804. The fourth-order valence-electron chi connectivity index (χ4n) is 5.61. The zero-order chi connectivity index (χ0) is 22.2. The molecule has 1 atom stereocenters. The molecule has 1 unspecified atom stereocenters. The normalized spacial score (nSPS) is 27.8. The molecule has 2 saturated carbocycles. The van der Waals surface area contributed by atoms with Gasteiger partial charge in [0.2, 0.25) is 0 Å². The average Bonchev–Trinajstić information content (AvgIpc) is 2.79. The first-order chi connectivity index (χ1) is 15.0. The molecule has 2 aliphatic carbocycles. The Hall–Kier alpha value is -1.16. The minimum atomic E-state index is -0.550. The Balaban J connectivity index is 1.50. The molecule has 1 aromatic carbocycles. The van der Waals surface area contributed by atoms with E-state index in [1.165, 1.54) is 50.7 Å². The molecule has 4 heteroatoms. The van der Waals surface area contributed by atoms with Crippen molar-refractivity contribution in [2.24, 2.45) is 11.8 Å². The number of hydrogen-bond donors (Lipinski definition) is 0. The van der Waals surface area contributed by atoms with Crippen LogP contribution in [0.25, 0.3) is 0 Å². The first kappa shape index (κ1) is 24.5. The molecule has 31 heavy (non-hydrogen) atoms. The van der Waals surface area contributed by atoms with Crippen LogP contribution in [0.5, 0.6) is 5.75 Å². The van der Waals surface area contributed by atoms with E-state index in [-0.39, 0.29) is 17.8 Å². The van der Waals surface area contributed by atoms with Crippen LogP contribution in [-0.2, 0) is 4.74 Å². The van der Waals surface area contributed by atoms with Crippen molar-refractivity contribution in [3.63, 3.8) is 0 Å². The maximum atomic E-state index is 14.7.